The van der Waals surface area contributed by atoms with E-state index < -0.39 is 0 Å². The number of anilines is 4. The Kier molecular flexibility index (Phi) is 3.40. The topological polar surface area (TPSA) is 77.0 Å². The number of hydrogen-bond donors (Lipinski definition) is 3. The molecule has 0 saturated carbocycles. The number of aromatic nitrogens is 1. The van der Waals surface area contributed by atoms with Gasteiger partial charge in [0.1, 0.15) is 11.6 Å². The number of pyridine rings is 1. The van der Waals surface area contributed by atoms with E-state index in [4.69, 9.17) is 23.1 Å². The van der Waals surface area contributed by atoms with E-state index in [1.807, 2.05) is 12.1 Å². The smallest absolute Gasteiger partial charge is 0.149 e. The largest absolute Gasteiger partial charge is 0.396 e. The van der Waals surface area contributed by atoms with Crippen LogP contribution < -0.4 is 16.8 Å². The molecule has 0 bridgehead atoms. The van der Waals surface area contributed by atoms with Gasteiger partial charge in [-0.2, -0.15) is 0 Å². The highest BCUT2D eigenvalue weighted by atomic mass is 79.9. The molecule has 1 aromatic carbocycles. The second-order valence-corrected chi connectivity index (χ2v) is 4.74. The standard InChI is InChI=1S/C11H10BrClN4/c12-6-1-2-7(13)9(5-6)16-10-4-3-8(14)11(15)17-10/h1-5H,14H2,(H3,15,16,17). The first-order valence-corrected chi connectivity index (χ1v) is 5.97. The van der Waals surface area contributed by atoms with Crippen molar-refractivity contribution in [2.24, 2.45) is 0 Å². The molecule has 0 radical (unpaired) electrons. The lowest BCUT2D eigenvalue weighted by Crippen LogP contribution is -2.01. The minimum Gasteiger partial charge on any atom is -0.396 e. The maximum Gasteiger partial charge on any atom is 0.149 e. The van der Waals surface area contributed by atoms with Crippen molar-refractivity contribution in [2.75, 3.05) is 16.8 Å². The normalized spacial score (nSPS) is 10.2. The Hall–Kier alpha value is -1.46. The first kappa shape index (κ1) is 12.0. The van der Waals surface area contributed by atoms with Gasteiger partial charge in [0.25, 0.3) is 0 Å². The van der Waals surface area contributed by atoms with Crippen molar-refractivity contribution in [1.29, 1.82) is 0 Å². The first-order valence-electron chi connectivity index (χ1n) is 4.80. The summed E-state index contributed by atoms with van der Waals surface area (Å²) < 4.78 is 0.924. The van der Waals surface area contributed by atoms with Crippen LogP contribution in [0.25, 0.3) is 0 Å². The van der Waals surface area contributed by atoms with Gasteiger partial charge in [-0.25, -0.2) is 4.98 Å². The molecule has 0 atom stereocenters. The highest BCUT2D eigenvalue weighted by Gasteiger charge is 2.04. The summed E-state index contributed by atoms with van der Waals surface area (Å²) in [4.78, 5) is 4.11. The highest BCUT2D eigenvalue weighted by molar-refractivity contribution is 9.10. The maximum absolute atomic E-state index is 6.05. The van der Waals surface area contributed by atoms with Gasteiger partial charge < -0.3 is 16.8 Å². The van der Waals surface area contributed by atoms with Crippen molar-refractivity contribution in [2.45, 2.75) is 0 Å². The van der Waals surface area contributed by atoms with Crippen LogP contribution in [0.4, 0.5) is 23.0 Å². The van der Waals surface area contributed by atoms with Crippen LogP contribution in [0.2, 0.25) is 5.02 Å². The lowest BCUT2D eigenvalue weighted by Gasteiger charge is -2.09. The molecule has 0 spiro atoms. The van der Waals surface area contributed by atoms with Crippen LogP contribution in [-0.2, 0) is 0 Å². The molecular weight excluding hydrogens is 304 g/mol. The van der Waals surface area contributed by atoms with Crippen molar-refractivity contribution in [1.82, 2.24) is 4.98 Å². The predicted molar refractivity (Wildman–Crippen MR) is 75.5 cm³/mol. The Morgan fingerprint density at radius 3 is 2.65 bits per heavy atom. The Labute approximate surface area is 112 Å². The number of hydrogen-bond acceptors (Lipinski definition) is 4. The quantitative estimate of drug-likeness (QED) is 0.794. The fourth-order valence-corrected chi connectivity index (χ4v) is 1.81. The zero-order chi connectivity index (χ0) is 12.4. The monoisotopic (exact) mass is 312 g/mol. The van der Waals surface area contributed by atoms with Crippen LogP contribution in [0.5, 0.6) is 0 Å². The molecule has 1 aromatic heterocycles. The third-order valence-corrected chi connectivity index (χ3v) is 2.97. The second-order valence-electron chi connectivity index (χ2n) is 3.42. The summed E-state index contributed by atoms with van der Waals surface area (Å²) >= 11 is 9.42. The molecule has 0 aliphatic heterocycles. The summed E-state index contributed by atoms with van der Waals surface area (Å²) in [6.07, 6.45) is 0. The van der Waals surface area contributed by atoms with Crippen molar-refractivity contribution in [3.63, 3.8) is 0 Å². The average molecular weight is 314 g/mol. The van der Waals surface area contributed by atoms with E-state index in [9.17, 15) is 0 Å². The summed E-state index contributed by atoms with van der Waals surface area (Å²) in [6.45, 7) is 0. The number of nitrogen functional groups attached to an aromatic ring is 2. The molecule has 4 nitrogen and oxygen atoms in total. The van der Waals surface area contributed by atoms with Gasteiger partial charge in [-0.15, -0.1) is 0 Å². The molecule has 17 heavy (non-hydrogen) atoms. The Balaban J connectivity index is 2.31. The summed E-state index contributed by atoms with van der Waals surface area (Å²) in [5.41, 5.74) is 12.4. The van der Waals surface area contributed by atoms with Crippen LogP contribution in [0.3, 0.4) is 0 Å². The highest BCUT2D eigenvalue weighted by Crippen LogP contribution is 2.28. The third-order valence-electron chi connectivity index (χ3n) is 2.15. The molecule has 0 fully saturated rings. The summed E-state index contributed by atoms with van der Waals surface area (Å²) in [6, 6.07) is 8.93. The van der Waals surface area contributed by atoms with Crippen molar-refractivity contribution < 1.29 is 0 Å². The lowest BCUT2D eigenvalue weighted by atomic mass is 10.3. The molecule has 5 N–H and O–H groups in total. The van der Waals surface area contributed by atoms with Crippen LogP contribution in [-0.4, -0.2) is 4.98 Å². The van der Waals surface area contributed by atoms with Crippen molar-refractivity contribution >= 4 is 50.5 Å². The summed E-state index contributed by atoms with van der Waals surface area (Å²) in [5, 5.41) is 3.67. The molecular formula is C11H10BrClN4. The van der Waals surface area contributed by atoms with Crippen LogP contribution >= 0.6 is 27.5 Å². The van der Waals surface area contributed by atoms with Crippen LogP contribution in [0.1, 0.15) is 0 Å². The molecule has 0 aliphatic rings. The number of nitrogens with zero attached hydrogens (tertiary/aromatic N) is 1. The lowest BCUT2D eigenvalue weighted by molar-refractivity contribution is 1.32. The molecule has 88 valence electrons. The van der Waals surface area contributed by atoms with Gasteiger partial charge in [0.2, 0.25) is 0 Å². The number of nitrogens with two attached hydrogens (primary N) is 2. The van der Waals surface area contributed by atoms with Gasteiger partial charge in [-0.1, -0.05) is 27.5 Å². The average Bonchev–Trinajstić information content (AvgIpc) is 2.29. The van der Waals surface area contributed by atoms with Gasteiger partial charge in [-0.05, 0) is 30.3 Å². The van der Waals surface area contributed by atoms with E-state index in [-0.39, 0.29) is 0 Å². The van der Waals surface area contributed by atoms with E-state index in [0.29, 0.717) is 22.3 Å². The van der Waals surface area contributed by atoms with Gasteiger partial charge in [0, 0.05) is 4.47 Å². The Morgan fingerprint density at radius 2 is 1.94 bits per heavy atom. The number of benzene rings is 1. The number of rotatable bonds is 2. The van der Waals surface area contributed by atoms with Gasteiger partial charge in [-0.3, -0.25) is 0 Å². The van der Waals surface area contributed by atoms with Crippen molar-refractivity contribution in [3.05, 3.63) is 39.8 Å². The molecule has 1 heterocycles. The molecule has 0 unspecified atom stereocenters. The van der Waals surface area contributed by atoms with E-state index in [2.05, 4.69) is 26.2 Å². The van der Waals surface area contributed by atoms with Crippen LogP contribution in [0, 0.1) is 0 Å². The molecule has 0 amide bonds. The minimum atomic E-state index is 0.293. The molecule has 2 aromatic rings. The molecule has 0 aliphatic carbocycles. The fraction of sp³-hybridized carbons (Fsp3) is 0. The summed E-state index contributed by atoms with van der Waals surface area (Å²) in [5.74, 6) is 0.887. The van der Waals surface area contributed by atoms with Crippen LogP contribution in [0.15, 0.2) is 34.8 Å². The van der Waals surface area contributed by atoms with Gasteiger partial charge in [0.15, 0.2) is 0 Å². The Bertz CT molecular complexity index is 559. The maximum atomic E-state index is 6.05. The SMILES string of the molecule is Nc1ccc(Nc2cc(Br)ccc2Cl)nc1N. The van der Waals surface area contributed by atoms with Gasteiger partial charge in [0.05, 0.1) is 16.4 Å². The first-order chi connectivity index (χ1) is 8.06. The second kappa shape index (κ2) is 4.81. The van der Waals surface area contributed by atoms with E-state index >= 15 is 0 Å². The number of nitrogens with one attached hydrogen (secondary N) is 1. The molecule has 0 saturated heterocycles. The Morgan fingerprint density at radius 1 is 1.18 bits per heavy atom. The zero-order valence-corrected chi connectivity index (χ0v) is 11.1. The molecule has 2 rings (SSSR count). The fourth-order valence-electron chi connectivity index (χ4n) is 1.29. The zero-order valence-electron chi connectivity index (χ0n) is 8.74. The van der Waals surface area contributed by atoms with E-state index in [1.165, 1.54) is 0 Å². The van der Waals surface area contributed by atoms with Crippen molar-refractivity contribution in [3.8, 4) is 0 Å². The van der Waals surface area contributed by atoms with Gasteiger partial charge >= 0.3 is 0 Å². The third kappa shape index (κ3) is 2.81. The molecule has 6 heteroatoms. The summed E-state index contributed by atoms with van der Waals surface area (Å²) in [7, 11) is 0. The van der Waals surface area contributed by atoms with E-state index in [0.717, 1.165) is 10.2 Å². The van der Waals surface area contributed by atoms with E-state index in [1.54, 1.807) is 18.2 Å². The number of halogens is 2. The predicted octanol–water partition coefficient (Wildman–Crippen LogP) is 3.41. The minimum absolute atomic E-state index is 0.293.